The molecule has 0 fully saturated rings. The topological polar surface area (TPSA) is 100 Å². The quantitative estimate of drug-likeness (QED) is 0.149. The zero-order valence-electron chi connectivity index (χ0n) is 18.0. The number of carbonyl (C=O) groups is 1. The summed E-state index contributed by atoms with van der Waals surface area (Å²) >= 11 is 18.6. The van der Waals surface area contributed by atoms with Crippen LogP contribution in [0.25, 0.3) is 6.08 Å². The maximum Gasteiger partial charge on any atom is 0.363 e. The summed E-state index contributed by atoms with van der Waals surface area (Å²) in [5.41, 5.74) is 1.39. The van der Waals surface area contributed by atoms with Crippen LogP contribution in [0.2, 0.25) is 15.1 Å². The van der Waals surface area contributed by atoms with E-state index >= 15 is 0 Å². The second kappa shape index (κ2) is 10.4. The molecule has 0 amide bonds. The molecule has 0 saturated carbocycles. The van der Waals surface area contributed by atoms with Crippen LogP contribution in [-0.4, -0.2) is 23.9 Å². The molecule has 3 aromatic rings. The van der Waals surface area contributed by atoms with Gasteiger partial charge < -0.3 is 14.2 Å². The second-order valence-corrected chi connectivity index (χ2v) is 8.46. The molecule has 1 heterocycles. The van der Waals surface area contributed by atoms with Gasteiger partial charge in [0.05, 0.1) is 27.6 Å². The molecule has 8 nitrogen and oxygen atoms in total. The molecule has 11 heteroatoms. The summed E-state index contributed by atoms with van der Waals surface area (Å²) < 4.78 is 16.5. The van der Waals surface area contributed by atoms with Gasteiger partial charge in [-0.25, -0.2) is 9.79 Å². The average Bonchev–Trinajstić information content (AvgIpc) is 3.17. The van der Waals surface area contributed by atoms with E-state index in [9.17, 15) is 14.9 Å². The van der Waals surface area contributed by atoms with Crippen molar-refractivity contribution in [3.63, 3.8) is 0 Å². The number of methoxy groups -OCH3 is 1. The monoisotopic (exact) mass is 532 g/mol. The zero-order chi connectivity index (χ0) is 25.1. The molecule has 0 N–H and O–H groups in total. The van der Waals surface area contributed by atoms with Gasteiger partial charge in [0.2, 0.25) is 5.90 Å². The van der Waals surface area contributed by atoms with Gasteiger partial charge in [-0.3, -0.25) is 10.1 Å². The molecular weight excluding hydrogens is 519 g/mol. The van der Waals surface area contributed by atoms with Crippen molar-refractivity contribution in [2.24, 2.45) is 4.99 Å². The predicted molar refractivity (Wildman–Crippen MR) is 133 cm³/mol. The Morgan fingerprint density at radius 3 is 2.57 bits per heavy atom. The lowest BCUT2D eigenvalue weighted by Gasteiger charge is -2.13. The molecule has 4 rings (SSSR count). The number of cyclic esters (lactones) is 1. The molecule has 1 aliphatic rings. The van der Waals surface area contributed by atoms with Gasteiger partial charge in [-0.1, -0.05) is 46.9 Å². The van der Waals surface area contributed by atoms with Crippen molar-refractivity contribution < 1.29 is 23.9 Å². The lowest BCUT2D eigenvalue weighted by molar-refractivity contribution is -0.384. The van der Waals surface area contributed by atoms with E-state index in [2.05, 4.69) is 4.99 Å². The van der Waals surface area contributed by atoms with Crippen LogP contribution in [0.1, 0.15) is 16.7 Å². The van der Waals surface area contributed by atoms with Gasteiger partial charge >= 0.3 is 5.97 Å². The molecule has 0 radical (unpaired) electrons. The summed E-state index contributed by atoms with van der Waals surface area (Å²) in [6.07, 6.45) is 1.46. The maximum absolute atomic E-state index is 12.4. The zero-order valence-corrected chi connectivity index (χ0v) is 20.2. The number of esters is 1. The van der Waals surface area contributed by atoms with Gasteiger partial charge in [-0.05, 0) is 47.5 Å². The Balaban J connectivity index is 1.60. The summed E-state index contributed by atoms with van der Waals surface area (Å²) in [6, 6.07) is 14.2. The normalized spacial score (nSPS) is 14.0. The standard InChI is InChI=1S/C24H15Cl3N2O6/c1-33-21-10-14(8-19(27)22(21)34-12-13-3-2-4-15(25)7-13)9-20-24(30)35-23(28-20)17-6-5-16(29(31)32)11-18(17)26/h2-11H,12H2,1H3/b20-9-. The van der Waals surface area contributed by atoms with Crippen LogP contribution in [0.3, 0.4) is 0 Å². The van der Waals surface area contributed by atoms with Crippen molar-refractivity contribution in [1.29, 1.82) is 0 Å². The minimum atomic E-state index is -0.717. The van der Waals surface area contributed by atoms with Crippen molar-refractivity contribution in [3.05, 3.63) is 102 Å². The van der Waals surface area contributed by atoms with Gasteiger partial charge in [-0.2, -0.15) is 0 Å². The van der Waals surface area contributed by atoms with E-state index in [1.165, 1.54) is 25.3 Å². The summed E-state index contributed by atoms with van der Waals surface area (Å²) in [5.74, 6) is -0.112. The average molecular weight is 534 g/mol. The number of carbonyl (C=O) groups excluding carboxylic acids is 1. The van der Waals surface area contributed by atoms with Crippen LogP contribution in [0.5, 0.6) is 11.5 Å². The van der Waals surface area contributed by atoms with Gasteiger partial charge in [0, 0.05) is 17.2 Å². The molecule has 178 valence electrons. The van der Waals surface area contributed by atoms with E-state index in [1.807, 2.05) is 12.1 Å². The molecule has 0 saturated heterocycles. The van der Waals surface area contributed by atoms with Crippen LogP contribution in [0, 0.1) is 10.1 Å². The lowest BCUT2D eigenvalue weighted by atomic mass is 10.1. The third kappa shape index (κ3) is 5.57. The van der Waals surface area contributed by atoms with E-state index in [1.54, 1.807) is 24.3 Å². The number of hydrogen-bond acceptors (Lipinski definition) is 7. The highest BCUT2D eigenvalue weighted by molar-refractivity contribution is 6.35. The molecule has 3 aromatic carbocycles. The maximum atomic E-state index is 12.4. The van der Waals surface area contributed by atoms with E-state index < -0.39 is 10.9 Å². The third-order valence-corrected chi connectivity index (χ3v) is 5.67. The van der Waals surface area contributed by atoms with Crippen molar-refractivity contribution in [2.45, 2.75) is 6.61 Å². The second-order valence-electron chi connectivity index (χ2n) is 7.21. The van der Waals surface area contributed by atoms with Crippen molar-refractivity contribution in [2.75, 3.05) is 7.11 Å². The first-order valence-corrected chi connectivity index (χ1v) is 11.1. The number of nitrogens with zero attached hydrogens (tertiary/aromatic N) is 2. The number of hydrogen-bond donors (Lipinski definition) is 0. The highest BCUT2D eigenvalue weighted by atomic mass is 35.5. The first-order chi connectivity index (χ1) is 16.7. The lowest BCUT2D eigenvalue weighted by Crippen LogP contribution is -2.06. The highest BCUT2D eigenvalue weighted by Crippen LogP contribution is 2.38. The number of rotatable bonds is 7. The fraction of sp³-hybridized carbons (Fsp3) is 0.0833. The number of halogens is 3. The Hall–Kier alpha value is -3.59. The Labute approximate surface area is 214 Å². The van der Waals surface area contributed by atoms with Crippen LogP contribution in [0.4, 0.5) is 5.69 Å². The van der Waals surface area contributed by atoms with Crippen LogP contribution >= 0.6 is 34.8 Å². The Kier molecular flexibility index (Phi) is 7.25. The molecule has 0 aliphatic carbocycles. The number of benzene rings is 3. The largest absolute Gasteiger partial charge is 0.493 e. The summed E-state index contributed by atoms with van der Waals surface area (Å²) in [5, 5.41) is 11.8. The first kappa shape index (κ1) is 24.5. The van der Waals surface area contributed by atoms with Gasteiger partial charge in [0.1, 0.15) is 6.61 Å². The summed E-state index contributed by atoms with van der Waals surface area (Å²) in [6.45, 7) is 0.215. The third-order valence-electron chi connectivity index (χ3n) is 4.84. The summed E-state index contributed by atoms with van der Waals surface area (Å²) in [4.78, 5) is 26.9. The van der Waals surface area contributed by atoms with Crippen LogP contribution in [0.15, 0.2) is 65.3 Å². The number of nitro benzene ring substituents is 1. The minimum Gasteiger partial charge on any atom is -0.493 e. The fourth-order valence-corrected chi connectivity index (χ4v) is 3.96. The Morgan fingerprint density at radius 2 is 1.89 bits per heavy atom. The van der Waals surface area contributed by atoms with Gasteiger partial charge in [-0.15, -0.1) is 0 Å². The number of aliphatic imine (C=N–C) groups is 1. The molecule has 0 aromatic heterocycles. The molecule has 0 atom stereocenters. The van der Waals surface area contributed by atoms with E-state index in [0.29, 0.717) is 22.1 Å². The van der Waals surface area contributed by atoms with E-state index in [4.69, 9.17) is 49.0 Å². The van der Waals surface area contributed by atoms with Gasteiger partial charge in [0.15, 0.2) is 17.2 Å². The smallest absolute Gasteiger partial charge is 0.363 e. The van der Waals surface area contributed by atoms with Crippen LogP contribution < -0.4 is 9.47 Å². The van der Waals surface area contributed by atoms with Crippen molar-refractivity contribution in [1.82, 2.24) is 0 Å². The number of ether oxygens (including phenoxy) is 3. The predicted octanol–water partition coefficient (Wildman–Crippen LogP) is 6.49. The fourth-order valence-electron chi connectivity index (χ4n) is 3.22. The molecular formula is C24H15Cl3N2O6. The molecule has 35 heavy (non-hydrogen) atoms. The number of non-ortho nitro benzene ring substituents is 1. The molecule has 0 spiro atoms. The van der Waals surface area contributed by atoms with Crippen molar-refractivity contribution in [3.8, 4) is 11.5 Å². The SMILES string of the molecule is COc1cc(/C=C2\N=C(c3ccc([N+](=O)[O-])cc3Cl)OC2=O)cc(Cl)c1OCc1cccc(Cl)c1. The highest BCUT2D eigenvalue weighted by Gasteiger charge is 2.27. The molecule has 1 aliphatic heterocycles. The van der Waals surface area contributed by atoms with E-state index in [0.717, 1.165) is 11.6 Å². The van der Waals surface area contributed by atoms with E-state index in [-0.39, 0.29) is 39.5 Å². The summed E-state index contributed by atoms with van der Waals surface area (Å²) in [7, 11) is 1.46. The Morgan fingerprint density at radius 1 is 1.09 bits per heavy atom. The minimum absolute atomic E-state index is 0.0138. The first-order valence-electron chi connectivity index (χ1n) is 9.97. The van der Waals surface area contributed by atoms with Crippen molar-refractivity contribution >= 4 is 58.4 Å². The molecule has 0 unspecified atom stereocenters. The Bertz CT molecular complexity index is 1400. The van der Waals surface area contributed by atoms with Crippen LogP contribution in [-0.2, 0) is 16.1 Å². The van der Waals surface area contributed by atoms with Gasteiger partial charge in [0.25, 0.3) is 5.69 Å². The number of nitro groups is 1. The molecule has 0 bridgehead atoms.